The highest BCUT2D eigenvalue weighted by Gasteiger charge is 2.17. The number of hydrogen-bond acceptors (Lipinski definition) is 3. The number of methoxy groups -OCH3 is 1. The Labute approximate surface area is 133 Å². The summed E-state index contributed by atoms with van der Waals surface area (Å²) < 4.78 is 5.45. The smallest absolute Gasteiger partial charge is 0.123 e. The van der Waals surface area contributed by atoms with Gasteiger partial charge < -0.3 is 15.2 Å². The number of ether oxygens (including phenoxy) is 1. The minimum atomic E-state index is 0.167. The van der Waals surface area contributed by atoms with Gasteiger partial charge in [-0.05, 0) is 31.4 Å². The van der Waals surface area contributed by atoms with Gasteiger partial charge in [0.05, 0.1) is 7.11 Å². The lowest BCUT2D eigenvalue weighted by atomic mass is 9.99. The third-order valence-electron chi connectivity index (χ3n) is 3.91. The molecule has 22 heavy (non-hydrogen) atoms. The maximum absolute atomic E-state index is 9.15. The van der Waals surface area contributed by atoms with E-state index >= 15 is 0 Å². The monoisotopic (exact) mass is 299 g/mol. The van der Waals surface area contributed by atoms with Crippen LogP contribution in [-0.4, -0.2) is 18.8 Å². The summed E-state index contributed by atoms with van der Waals surface area (Å²) in [6.45, 7) is 2.36. The van der Waals surface area contributed by atoms with E-state index in [2.05, 4.69) is 42.6 Å². The molecule has 0 amide bonds. The average molecular weight is 299 g/mol. The Morgan fingerprint density at radius 3 is 2.41 bits per heavy atom. The lowest BCUT2D eigenvalue weighted by Crippen LogP contribution is -2.25. The van der Waals surface area contributed by atoms with Gasteiger partial charge in [0, 0.05) is 24.3 Å². The minimum absolute atomic E-state index is 0.167. The van der Waals surface area contributed by atoms with E-state index in [1.165, 1.54) is 5.56 Å². The zero-order chi connectivity index (χ0) is 15.8. The van der Waals surface area contributed by atoms with Crippen LogP contribution in [0.1, 0.15) is 43.0 Å². The number of aliphatic hydroxyl groups excluding tert-OH is 1. The summed E-state index contributed by atoms with van der Waals surface area (Å²) in [5, 5.41) is 12.8. The van der Waals surface area contributed by atoms with Crippen LogP contribution in [0.4, 0.5) is 0 Å². The zero-order valence-corrected chi connectivity index (χ0v) is 13.3. The Morgan fingerprint density at radius 1 is 1.05 bits per heavy atom. The minimum Gasteiger partial charge on any atom is -0.496 e. The maximum Gasteiger partial charge on any atom is 0.123 e. The van der Waals surface area contributed by atoms with E-state index in [-0.39, 0.29) is 18.7 Å². The molecular weight excluding hydrogens is 274 g/mol. The molecule has 118 valence electrons. The summed E-state index contributed by atoms with van der Waals surface area (Å²) in [7, 11) is 1.70. The molecule has 2 atom stereocenters. The molecule has 0 fully saturated rings. The summed E-state index contributed by atoms with van der Waals surface area (Å²) in [4.78, 5) is 0. The van der Waals surface area contributed by atoms with Crippen LogP contribution in [0.2, 0.25) is 0 Å². The molecule has 0 saturated carbocycles. The van der Waals surface area contributed by atoms with E-state index in [1.807, 2.05) is 24.3 Å². The molecule has 0 aromatic heterocycles. The molecule has 2 aromatic rings. The first-order valence-corrected chi connectivity index (χ1v) is 7.81. The van der Waals surface area contributed by atoms with Crippen molar-refractivity contribution in [2.24, 2.45) is 0 Å². The highest BCUT2D eigenvalue weighted by atomic mass is 16.5. The predicted molar refractivity (Wildman–Crippen MR) is 90.0 cm³/mol. The van der Waals surface area contributed by atoms with Crippen LogP contribution in [0.3, 0.4) is 0 Å². The molecular formula is C19H25NO2. The molecule has 2 rings (SSSR count). The highest BCUT2D eigenvalue weighted by molar-refractivity contribution is 5.35. The Hall–Kier alpha value is -1.84. The normalized spacial score (nSPS) is 13.6. The topological polar surface area (TPSA) is 41.5 Å². The first kappa shape index (κ1) is 16.5. The summed E-state index contributed by atoms with van der Waals surface area (Å²) >= 11 is 0. The molecule has 2 unspecified atom stereocenters. The van der Waals surface area contributed by atoms with Crippen LogP contribution in [0.15, 0.2) is 54.6 Å². The van der Waals surface area contributed by atoms with Gasteiger partial charge in [-0.3, -0.25) is 0 Å². The van der Waals surface area contributed by atoms with Crippen LogP contribution in [0.5, 0.6) is 5.75 Å². The largest absolute Gasteiger partial charge is 0.496 e. The third-order valence-corrected chi connectivity index (χ3v) is 3.91. The molecule has 0 saturated heterocycles. The van der Waals surface area contributed by atoms with Crippen LogP contribution < -0.4 is 10.1 Å². The van der Waals surface area contributed by atoms with Crippen LogP contribution in [0.25, 0.3) is 0 Å². The third kappa shape index (κ3) is 4.33. The SMILES string of the molecule is COc1ccccc1C(C)NC(CCCO)c1ccccc1. The van der Waals surface area contributed by atoms with Gasteiger partial charge in [0.25, 0.3) is 0 Å². The van der Waals surface area contributed by atoms with Crippen molar-refractivity contribution in [3.8, 4) is 5.75 Å². The van der Waals surface area contributed by atoms with Crippen LogP contribution >= 0.6 is 0 Å². The molecule has 0 spiro atoms. The molecule has 0 aliphatic heterocycles. The second kappa shape index (κ2) is 8.57. The number of aliphatic hydroxyl groups is 1. The number of benzene rings is 2. The zero-order valence-electron chi connectivity index (χ0n) is 13.3. The van der Waals surface area contributed by atoms with E-state index in [0.717, 1.165) is 24.2 Å². The molecule has 0 aliphatic carbocycles. The van der Waals surface area contributed by atoms with Gasteiger partial charge in [-0.1, -0.05) is 48.5 Å². The second-order valence-electron chi connectivity index (χ2n) is 5.46. The molecule has 0 bridgehead atoms. The first-order chi connectivity index (χ1) is 10.8. The van der Waals surface area contributed by atoms with E-state index in [0.29, 0.717) is 0 Å². The standard InChI is InChI=1S/C19H25NO2/c1-15(17-11-6-7-13-19(17)22-2)20-18(12-8-14-21)16-9-4-3-5-10-16/h3-7,9-11,13,15,18,20-21H,8,12,14H2,1-2H3. The summed E-state index contributed by atoms with van der Waals surface area (Å²) in [5.41, 5.74) is 2.40. The summed E-state index contributed by atoms with van der Waals surface area (Å²) in [6.07, 6.45) is 1.69. The van der Waals surface area contributed by atoms with Crippen molar-refractivity contribution in [2.75, 3.05) is 13.7 Å². The summed E-state index contributed by atoms with van der Waals surface area (Å²) in [5.74, 6) is 0.900. The Balaban J connectivity index is 2.15. The molecule has 3 heteroatoms. The molecule has 0 aliphatic rings. The quantitative estimate of drug-likeness (QED) is 0.777. The molecule has 2 aromatic carbocycles. The lowest BCUT2D eigenvalue weighted by molar-refractivity contribution is 0.272. The molecule has 3 nitrogen and oxygen atoms in total. The molecule has 0 radical (unpaired) electrons. The second-order valence-corrected chi connectivity index (χ2v) is 5.46. The van der Waals surface area contributed by atoms with Crippen LogP contribution in [-0.2, 0) is 0 Å². The molecule has 2 N–H and O–H groups in total. The number of para-hydroxylation sites is 1. The van der Waals surface area contributed by atoms with E-state index < -0.39 is 0 Å². The Bertz CT molecular complexity index is 556. The lowest BCUT2D eigenvalue weighted by Gasteiger charge is -2.25. The van der Waals surface area contributed by atoms with E-state index in [4.69, 9.17) is 9.84 Å². The van der Waals surface area contributed by atoms with Crippen molar-refractivity contribution in [3.63, 3.8) is 0 Å². The summed E-state index contributed by atoms with van der Waals surface area (Å²) in [6, 6.07) is 18.9. The maximum atomic E-state index is 9.15. The van der Waals surface area contributed by atoms with Gasteiger partial charge >= 0.3 is 0 Å². The van der Waals surface area contributed by atoms with E-state index in [1.54, 1.807) is 7.11 Å². The van der Waals surface area contributed by atoms with Crippen molar-refractivity contribution in [2.45, 2.75) is 31.8 Å². The number of hydrogen-bond donors (Lipinski definition) is 2. The van der Waals surface area contributed by atoms with Gasteiger partial charge in [0.15, 0.2) is 0 Å². The number of rotatable bonds is 8. The van der Waals surface area contributed by atoms with Crippen molar-refractivity contribution < 1.29 is 9.84 Å². The van der Waals surface area contributed by atoms with Crippen molar-refractivity contribution in [3.05, 3.63) is 65.7 Å². The first-order valence-electron chi connectivity index (χ1n) is 7.81. The van der Waals surface area contributed by atoms with Crippen LogP contribution in [0, 0.1) is 0 Å². The van der Waals surface area contributed by atoms with Gasteiger partial charge in [-0.2, -0.15) is 0 Å². The Kier molecular flexibility index (Phi) is 6.44. The van der Waals surface area contributed by atoms with E-state index in [9.17, 15) is 0 Å². The highest BCUT2D eigenvalue weighted by Crippen LogP contribution is 2.28. The fraction of sp³-hybridized carbons (Fsp3) is 0.368. The molecule has 0 heterocycles. The van der Waals surface area contributed by atoms with Gasteiger partial charge in [-0.15, -0.1) is 0 Å². The van der Waals surface area contributed by atoms with Gasteiger partial charge in [0.1, 0.15) is 5.75 Å². The van der Waals surface area contributed by atoms with Crippen molar-refractivity contribution in [1.29, 1.82) is 0 Å². The van der Waals surface area contributed by atoms with Crippen molar-refractivity contribution >= 4 is 0 Å². The average Bonchev–Trinajstić information content (AvgIpc) is 2.59. The fourth-order valence-corrected chi connectivity index (χ4v) is 2.74. The predicted octanol–water partition coefficient (Wildman–Crippen LogP) is 3.86. The van der Waals surface area contributed by atoms with Gasteiger partial charge in [-0.25, -0.2) is 0 Å². The van der Waals surface area contributed by atoms with Gasteiger partial charge in [0.2, 0.25) is 0 Å². The fourth-order valence-electron chi connectivity index (χ4n) is 2.74. The number of nitrogens with one attached hydrogen (secondary N) is 1. The van der Waals surface area contributed by atoms with Crippen molar-refractivity contribution in [1.82, 2.24) is 5.32 Å². The Morgan fingerprint density at radius 2 is 1.73 bits per heavy atom.